The fourth-order valence-electron chi connectivity index (χ4n) is 4.69. The summed E-state index contributed by atoms with van der Waals surface area (Å²) < 4.78 is 11.3. The van der Waals surface area contributed by atoms with Gasteiger partial charge in [-0.2, -0.15) is 0 Å². The van der Waals surface area contributed by atoms with E-state index in [-0.39, 0.29) is 17.5 Å². The first-order valence-electron chi connectivity index (χ1n) is 9.85. The second-order valence-corrected chi connectivity index (χ2v) is 7.89. The normalized spacial score (nSPS) is 18.5. The molecule has 0 bridgehead atoms. The van der Waals surface area contributed by atoms with E-state index in [0.717, 1.165) is 34.1 Å². The highest BCUT2D eigenvalue weighted by atomic mass is 16.5. The van der Waals surface area contributed by atoms with E-state index in [2.05, 4.69) is 19.2 Å². The van der Waals surface area contributed by atoms with Crippen LogP contribution >= 0.6 is 0 Å². The number of nitrogens with one attached hydrogen (secondary N) is 1. The zero-order valence-corrected chi connectivity index (χ0v) is 17.5. The molecule has 0 spiro atoms. The van der Waals surface area contributed by atoms with Crippen molar-refractivity contribution in [2.45, 2.75) is 39.3 Å². The van der Waals surface area contributed by atoms with E-state index in [9.17, 15) is 10.2 Å². The molecule has 0 unspecified atom stereocenters. The van der Waals surface area contributed by atoms with Gasteiger partial charge in [0.05, 0.1) is 25.2 Å². The average Bonchev–Trinajstić information content (AvgIpc) is 2.65. The van der Waals surface area contributed by atoms with Crippen molar-refractivity contribution in [1.82, 2.24) is 5.32 Å². The Morgan fingerprint density at radius 2 is 1.76 bits per heavy atom. The lowest BCUT2D eigenvalue weighted by Crippen LogP contribution is -2.36. The number of fused-ring (bicyclic) bond motifs is 2. The van der Waals surface area contributed by atoms with E-state index in [1.54, 1.807) is 20.3 Å². The molecule has 0 saturated carbocycles. The molecule has 1 heterocycles. The van der Waals surface area contributed by atoms with Crippen molar-refractivity contribution in [3.05, 3.63) is 47.0 Å². The van der Waals surface area contributed by atoms with Crippen molar-refractivity contribution in [3.63, 3.8) is 0 Å². The average molecular weight is 393 g/mol. The number of rotatable bonds is 3. The third kappa shape index (κ3) is 3.06. The molecule has 1 aliphatic heterocycles. The van der Waals surface area contributed by atoms with Crippen LogP contribution in [0.1, 0.15) is 36.6 Å². The van der Waals surface area contributed by atoms with Crippen LogP contribution in [0, 0.1) is 6.92 Å². The molecule has 3 aromatic carbocycles. The van der Waals surface area contributed by atoms with Gasteiger partial charge >= 0.3 is 0 Å². The molecule has 0 aromatic heterocycles. The van der Waals surface area contributed by atoms with Gasteiger partial charge in [-0.15, -0.1) is 0 Å². The molecule has 0 radical (unpaired) electrons. The van der Waals surface area contributed by atoms with Crippen LogP contribution < -0.4 is 14.8 Å². The first-order valence-corrected chi connectivity index (χ1v) is 9.85. The molecule has 0 amide bonds. The predicted molar refractivity (Wildman–Crippen MR) is 115 cm³/mol. The summed E-state index contributed by atoms with van der Waals surface area (Å²) in [5, 5.41) is 26.6. The summed E-state index contributed by atoms with van der Waals surface area (Å²) in [4.78, 5) is 0. The lowest BCUT2D eigenvalue weighted by Gasteiger charge is -2.32. The summed E-state index contributed by atoms with van der Waals surface area (Å²) in [5.41, 5.74) is 4.51. The van der Waals surface area contributed by atoms with Gasteiger partial charge in [0, 0.05) is 17.6 Å². The van der Waals surface area contributed by atoms with Crippen LogP contribution in [0.15, 0.2) is 30.3 Å². The molecule has 3 N–H and O–H groups in total. The first kappa shape index (κ1) is 19.4. The standard InChI is InChI=1S/C24H27NO4/c1-12-8-17-16(6-7-20(28-4)22(17)18(26)9-12)23-19(27)11-15-10-13(2)25-14(3)21(15)24(23)29-5/h6-9,11,13-14,25-27H,10H2,1-5H3/t13-,14-/m0/s1. The quantitative estimate of drug-likeness (QED) is 0.594. The van der Waals surface area contributed by atoms with Gasteiger partial charge in [0.25, 0.3) is 0 Å². The van der Waals surface area contributed by atoms with Gasteiger partial charge in [-0.1, -0.05) is 6.07 Å². The smallest absolute Gasteiger partial charge is 0.135 e. The molecule has 0 fully saturated rings. The Balaban J connectivity index is 2.09. The van der Waals surface area contributed by atoms with Crippen LogP contribution in [0.2, 0.25) is 0 Å². The Morgan fingerprint density at radius 3 is 2.45 bits per heavy atom. The van der Waals surface area contributed by atoms with Gasteiger partial charge in [-0.25, -0.2) is 0 Å². The molecule has 5 heteroatoms. The van der Waals surface area contributed by atoms with Crippen molar-refractivity contribution in [3.8, 4) is 34.1 Å². The summed E-state index contributed by atoms with van der Waals surface area (Å²) in [6.45, 7) is 6.18. The lowest BCUT2D eigenvalue weighted by molar-refractivity contribution is 0.378. The number of aryl methyl sites for hydroxylation is 1. The summed E-state index contributed by atoms with van der Waals surface area (Å²) in [6, 6.07) is 9.72. The first-order chi connectivity index (χ1) is 13.8. The molecule has 152 valence electrons. The Bertz CT molecular complexity index is 1110. The van der Waals surface area contributed by atoms with Crippen molar-refractivity contribution < 1.29 is 19.7 Å². The molecule has 2 atom stereocenters. The van der Waals surface area contributed by atoms with Gasteiger partial charge in [0.1, 0.15) is 23.0 Å². The summed E-state index contributed by atoms with van der Waals surface area (Å²) in [7, 11) is 3.22. The van der Waals surface area contributed by atoms with E-state index in [1.807, 2.05) is 31.2 Å². The van der Waals surface area contributed by atoms with E-state index < -0.39 is 0 Å². The fraction of sp³-hybridized carbons (Fsp3) is 0.333. The van der Waals surface area contributed by atoms with E-state index in [1.165, 1.54) is 0 Å². The maximum Gasteiger partial charge on any atom is 0.135 e. The molecule has 5 nitrogen and oxygen atoms in total. The van der Waals surface area contributed by atoms with E-state index >= 15 is 0 Å². The SMILES string of the molecule is COc1c(-c2ccc(OC)c3c(O)cc(C)cc23)c(O)cc2c1[C@H](C)N[C@@H](C)C2. The molecule has 3 aromatic rings. The predicted octanol–water partition coefficient (Wildman–Crippen LogP) is 4.84. The molecule has 4 rings (SSSR count). The molecular formula is C24H27NO4. The summed E-state index contributed by atoms with van der Waals surface area (Å²) in [6.07, 6.45) is 0.827. The minimum Gasteiger partial charge on any atom is -0.507 e. The highest BCUT2D eigenvalue weighted by molar-refractivity contribution is 6.05. The van der Waals surface area contributed by atoms with Gasteiger partial charge in [0.15, 0.2) is 0 Å². The van der Waals surface area contributed by atoms with E-state index in [0.29, 0.717) is 28.5 Å². The maximum atomic E-state index is 11.0. The third-order valence-corrected chi connectivity index (χ3v) is 5.77. The minimum atomic E-state index is 0.0997. The second-order valence-electron chi connectivity index (χ2n) is 7.89. The maximum absolute atomic E-state index is 11.0. The molecule has 29 heavy (non-hydrogen) atoms. The second kappa shape index (κ2) is 7.16. The zero-order chi connectivity index (χ0) is 20.9. The highest BCUT2D eigenvalue weighted by Gasteiger charge is 2.29. The van der Waals surface area contributed by atoms with Gasteiger partial charge < -0.3 is 25.0 Å². The number of phenols is 2. The number of methoxy groups -OCH3 is 2. The molecule has 0 saturated heterocycles. The van der Waals surface area contributed by atoms with Crippen LogP contribution in [0.4, 0.5) is 0 Å². The Hall–Kier alpha value is -2.92. The number of aromatic hydroxyl groups is 2. The number of benzene rings is 3. The largest absolute Gasteiger partial charge is 0.507 e. The number of hydrogen-bond donors (Lipinski definition) is 3. The molecule has 0 aliphatic carbocycles. The molecular weight excluding hydrogens is 366 g/mol. The minimum absolute atomic E-state index is 0.0997. The fourth-order valence-corrected chi connectivity index (χ4v) is 4.69. The number of phenolic OH excluding ortho intramolecular Hbond substituents is 2. The van der Waals surface area contributed by atoms with Crippen LogP contribution in [0.3, 0.4) is 0 Å². The highest BCUT2D eigenvalue weighted by Crippen LogP contribution is 2.49. The van der Waals surface area contributed by atoms with Crippen molar-refractivity contribution in [2.24, 2.45) is 0 Å². The van der Waals surface area contributed by atoms with Crippen molar-refractivity contribution in [2.75, 3.05) is 14.2 Å². The Labute approximate surface area is 170 Å². The van der Waals surface area contributed by atoms with Crippen molar-refractivity contribution in [1.29, 1.82) is 0 Å². The third-order valence-electron chi connectivity index (χ3n) is 5.77. The van der Waals surface area contributed by atoms with Crippen LogP contribution in [-0.2, 0) is 6.42 Å². The van der Waals surface area contributed by atoms with Gasteiger partial charge in [-0.05, 0) is 73.5 Å². The lowest BCUT2D eigenvalue weighted by atomic mass is 9.85. The van der Waals surface area contributed by atoms with Crippen LogP contribution in [-0.4, -0.2) is 30.5 Å². The molecule has 1 aliphatic rings. The zero-order valence-electron chi connectivity index (χ0n) is 17.5. The topological polar surface area (TPSA) is 71.0 Å². The summed E-state index contributed by atoms with van der Waals surface area (Å²) >= 11 is 0. The van der Waals surface area contributed by atoms with Gasteiger partial charge in [-0.3, -0.25) is 0 Å². The monoisotopic (exact) mass is 393 g/mol. The van der Waals surface area contributed by atoms with Crippen LogP contribution in [0.5, 0.6) is 23.0 Å². The summed E-state index contributed by atoms with van der Waals surface area (Å²) in [5.74, 6) is 1.58. The number of ether oxygens (including phenoxy) is 2. The van der Waals surface area contributed by atoms with Crippen LogP contribution in [0.25, 0.3) is 21.9 Å². The van der Waals surface area contributed by atoms with Crippen molar-refractivity contribution >= 4 is 10.8 Å². The Morgan fingerprint density at radius 1 is 1.00 bits per heavy atom. The van der Waals surface area contributed by atoms with E-state index in [4.69, 9.17) is 9.47 Å². The Kier molecular flexibility index (Phi) is 4.79. The number of hydrogen-bond acceptors (Lipinski definition) is 5. The van der Waals surface area contributed by atoms with Gasteiger partial charge in [0.2, 0.25) is 0 Å².